The van der Waals surface area contributed by atoms with Gasteiger partial charge in [0.25, 0.3) is 0 Å². The van der Waals surface area contributed by atoms with E-state index in [1.807, 2.05) is 75.4 Å². The number of pyridine rings is 1. The Balaban J connectivity index is 1.72. The van der Waals surface area contributed by atoms with Crippen LogP contribution in [0.5, 0.6) is 0 Å². The van der Waals surface area contributed by atoms with E-state index in [9.17, 15) is 9.59 Å². The minimum absolute atomic E-state index is 0.100. The Hall–Kier alpha value is -3.41. The van der Waals surface area contributed by atoms with E-state index < -0.39 is 17.6 Å². The third kappa shape index (κ3) is 6.23. The van der Waals surface area contributed by atoms with E-state index in [1.165, 1.54) is 12.8 Å². The maximum atomic E-state index is 13.7. The van der Waals surface area contributed by atoms with Crippen molar-refractivity contribution in [3.63, 3.8) is 0 Å². The van der Waals surface area contributed by atoms with Crippen LogP contribution in [-0.4, -0.2) is 23.2 Å². The van der Waals surface area contributed by atoms with Gasteiger partial charge in [-0.1, -0.05) is 63.2 Å². The van der Waals surface area contributed by atoms with Crippen molar-refractivity contribution in [2.24, 2.45) is 5.41 Å². The first kappa shape index (κ1) is 25.7. The van der Waals surface area contributed by atoms with E-state index in [2.05, 4.69) is 11.4 Å². The number of hydrogen-bond donors (Lipinski definition) is 1. The topological polar surface area (TPSA) is 77.5 Å². The van der Waals surface area contributed by atoms with Gasteiger partial charge in [-0.15, -0.1) is 0 Å². The van der Waals surface area contributed by atoms with Gasteiger partial charge in [0, 0.05) is 17.0 Å². The minimum Gasteiger partial charge on any atom is -0.461 e. The highest BCUT2D eigenvalue weighted by atomic mass is 16.6. The quantitative estimate of drug-likeness (QED) is 0.361. The number of benzene rings is 2. The summed E-state index contributed by atoms with van der Waals surface area (Å²) in [6.45, 7) is 9.81. The molecule has 1 N–H and O–H groups in total. The lowest BCUT2D eigenvalue weighted by Gasteiger charge is -2.38. The average molecular weight is 489 g/mol. The van der Waals surface area contributed by atoms with Crippen LogP contribution in [0.1, 0.15) is 76.6 Å². The molecule has 1 aromatic heterocycles. The molecule has 1 fully saturated rings. The summed E-state index contributed by atoms with van der Waals surface area (Å²) in [6, 6.07) is 19.3. The van der Waals surface area contributed by atoms with Crippen molar-refractivity contribution in [3.8, 4) is 0 Å². The third-order valence-electron chi connectivity index (χ3n) is 6.21. The average Bonchev–Trinajstić information content (AvgIpc) is 3.66. The van der Waals surface area contributed by atoms with Gasteiger partial charge >= 0.3 is 12.1 Å². The van der Waals surface area contributed by atoms with Crippen molar-refractivity contribution < 1.29 is 19.1 Å². The van der Waals surface area contributed by atoms with E-state index >= 15 is 0 Å². The van der Waals surface area contributed by atoms with E-state index in [0.29, 0.717) is 17.9 Å². The van der Waals surface area contributed by atoms with Gasteiger partial charge in [0.05, 0.1) is 11.6 Å². The largest absolute Gasteiger partial charge is 0.461 e. The number of fused-ring (bicyclic) bond motifs is 1. The number of alkyl carbamates (subject to hydrolysis) is 1. The van der Waals surface area contributed by atoms with Crippen LogP contribution >= 0.6 is 0 Å². The highest BCUT2D eigenvalue weighted by Gasteiger charge is 2.47. The molecule has 6 nitrogen and oxygen atoms in total. The lowest BCUT2D eigenvalue weighted by atomic mass is 9.75. The Morgan fingerprint density at radius 1 is 1.03 bits per heavy atom. The summed E-state index contributed by atoms with van der Waals surface area (Å²) in [5.74, 6) is 0.0436. The molecule has 2 aromatic carbocycles. The molecule has 0 radical (unpaired) electrons. The first-order valence-electron chi connectivity index (χ1n) is 12.7. The van der Waals surface area contributed by atoms with Gasteiger partial charge in [-0.3, -0.25) is 4.98 Å². The second-order valence-electron chi connectivity index (χ2n) is 11.2. The summed E-state index contributed by atoms with van der Waals surface area (Å²) in [7, 11) is 0. The fourth-order valence-corrected chi connectivity index (χ4v) is 4.52. The predicted molar refractivity (Wildman–Crippen MR) is 140 cm³/mol. The fraction of sp³-hybridized carbons (Fsp3) is 0.433. The molecule has 0 spiro atoms. The summed E-state index contributed by atoms with van der Waals surface area (Å²) in [6.07, 6.45) is 1.67. The van der Waals surface area contributed by atoms with Crippen LogP contribution < -0.4 is 5.32 Å². The van der Waals surface area contributed by atoms with Gasteiger partial charge in [0.15, 0.2) is 5.54 Å². The van der Waals surface area contributed by atoms with Gasteiger partial charge in [-0.2, -0.15) is 0 Å². The van der Waals surface area contributed by atoms with Crippen LogP contribution in [-0.2, 0) is 26.4 Å². The summed E-state index contributed by atoms with van der Waals surface area (Å²) in [5, 5.41) is 3.84. The van der Waals surface area contributed by atoms with E-state index in [-0.39, 0.29) is 18.1 Å². The molecule has 0 aliphatic heterocycles. The molecule has 4 rings (SSSR count). The Labute approximate surface area is 213 Å². The Morgan fingerprint density at radius 2 is 1.75 bits per heavy atom. The van der Waals surface area contributed by atoms with Crippen LogP contribution in [0.4, 0.5) is 4.79 Å². The van der Waals surface area contributed by atoms with Crippen molar-refractivity contribution in [1.29, 1.82) is 0 Å². The van der Waals surface area contributed by atoms with Crippen LogP contribution in [0.15, 0.2) is 60.7 Å². The number of carbonyl (C=O) groups is 2. The molecule has 3 aromatic rings. The van der Waals surface area contributed by atoms with Gasteiger partial charge in [-0.25, -0.2) is 9.59 Å². The van der Waals surface area contributed by atoms with E-state index in [0.717, 1.165) is 22.2 Å². The molecular weight excluding hydrogens is 452 g/mol. The number of esters is 1. The van der Waals surface area contributed by atoms with Crippen LogP contribution in [0.25, 0.3) is 10.9 Å². The molecule has 0 bridgehead atoms. The van der Waals surface area contributed by atoms with Gasteiger partial charge in [0.1, 0.15) is 6.61 Å². The monoisotopic (exact) mass is 488 g/mol. The number of ether oxygens (including phenoxy) is 2. The molecule has 1 heterocycles. The predicted octanol–water partition coefficient (Wildman–Crippen LogP) is 6.62. The Kier molecular flexibility index (Phi) is 7.34. The number of nitrogens with one attached hydrogen (secondary N) is 1. The number of carbonyl (C=O) groups excluding carboxylic acids is 2. The third-order valence-corrected chi connectivity index (χ3v) is 6.21. The summed E-state index contributed by atoms with van der Waals surface area (Å²) in [5.41, 5.74) is 1.75. The molecule has 1 amide bonds. The van der Waals surface area contributed by atoms with E-state index in [1.54, 1.807) is 13.8 Å². The summed E-state index contributed by atoms with van der Waals surface area (Å²) >= 11 is 0. The van der Waals surface area contributed by atoms with Crippen LogP contribution in [0.2, 0.25) is 0 Å². The minimum atomic E-state index is -1.43. The molecule has 1 atom stereocenters. The van der Waals surface area contributed by atoms with Crippen molar-refractivity contribution in [2.45, 2.75) is 78.0 Å². The van der Waals surface area contributed by atoms with Crippen LogP contribution in [0, 0.1) is 5.41 Å². The number of aromatic nitrogens is 1. The zero-order valence-corrected chi connectivity index (χ0v) is 21.8. The normalized spacial score (nSPS) is 15.4. The molecule has 190 valence electrons. The summed E-state index contributed by atoms with van der Waals surface area (Å²) < 4.78 is 11.3. The summed E-state index contributed by atoms with van der Waals surface area (Å²) in [4.78, 5) is 31.7. The van der Waals surface area contributed by atoms with E-state index in [4.69, 9.17) is 14.5 Å². The molecule has 1 saturated carbocycles. The first-order valence-corrected chi connectivity index (χ1v) is 12.7. The second kappa shape index (κ2) is 10.3. The molecular formula is C30H36N2O4. The lowest BCUT2D eigenvalue weighted by molar-refractivity contribution is -0.157. The Bertz CT molecular complexity index is 1230. The molecule has 6 heteroatoms. The standard InChI is InChI=1S/C30H36N2O4/c1-20(2)36-27(33)30(19-29(3,4)5,32-28(34)35-18-21-9-7-6-8-10-21)24-14-16-26-23(17-24)13-15-25(31-26)22-11-12-22/h6-10,13-17,20,22H,11-12,18-19H2,1-5H3,(H,32,34)/t30-/m1/s1. The maximum absolute atomic E-state index is 13.7. The maximum Gasteiger partial charge on any atom is 0.408 e. The second-order valence-corrected chi connectivity index (χ2v) is 11.2. The smallest absolute Gasteiger partial charge is 0.408 e. The van der Waals surface area contributed by atoms with Crippen LogP contribution in [0.3, 0.4) is 0 Å². The molecule has 36 heavy (non-hydrogen) atoms. The van der Waals surface area contributed by atoms with Gasteiger partial charge in [-0.05, 0) is 67.9 Å². The zero-order valence-electron chi connectivity index (χ0n) is 21.8. The number of amides is 1. The zero-order chi connectivity index (χ0) is 25.9. The molecule has 0 saturated heterocycles. The highest BCUT2D eigenvalue weighted by Crippen LogP contribution is 2.41. The Morgan fingerprint density at radius 3 is 2.39 bits per heavy atom. The van der Waals surface area contributed by atoms with Crippen molar-refractivity contribution in [3.05, 3.63) is 77.5 Å². The van der Waals surface area contributed by atoms with Crippen molar-refractivity contribution in [2.75, 3.05) is 0 Å². The van der Waals surface area contributed by atoms with Gasteiger partial charge in [0.2, 0.25) is 0 Å². The van der Waals surface area contributed by atoms with Crippen molar-refractivity contribution in [1.82, 2.24) is 10.3 Å². The number of nitrogens with zero attached hydrogens (tertiary/aromatic N) is 1. The number of rotatable bonds is 8. The highest BCUT2D eigenvalue weighted by molar-refractivity contribution is 5.90. The van der Waals surface area contributed by atoms with Crippen molar-refractivity contribution >= 4 is 23.0 Å². The lowest BCUT2D eigenvalue weighted by Crippen LogP contribution is -2.55. The number of hydrogen-bond acceptors (Lipinski definition) is 5. The molecule has 1 aliphatic rings. The molecule has 0 unspecified atom stereocenters. The first-order chi connectivity index (χ1) is 17.1. The fourth-order valence-electron chi connectivity index (χ4n) is 4.52. The molecule has 1 aliphatic carbocycles. The van der Waals surface area contributed by atoms with Gasteiger partial charge < -0.3 is 14.8 Å². The SMILES string of the molecule is CC(C)OC(=O)[C@](CC(C)(C)C)(NC(=O)OCc1ccccc1)c1ccc2nc(C3CC3)ccc2c1.